The van der Waals surface area contributed by atoms with Crippen LogP contribution in [0.5, 0.6) is 0 Å². The van der Waals surface area contributed by atoms with Crippen LogP contribution < -0.4 is 0 Å². The molecule has 0 aliphatic carbocycles. The molecule has 0 unspecified atom stereocenters. The van der Waals surface area contributed by atoms with Crippen LogP contribution in [-0.4, -0.2) is 18.2 Å². The number of benzene rings is 1. The Balaban J connectivity index is 2.36. The Bertz CT molecular complexity index is 585. The van der Waals surface area contributed by atoms with E-state index in [1.54, 1.807) is 12.4 Å². The molecule has 2 rings (SSSR count). The van der Waals surface area contributed by atoms with Gasteiger partial charge in [-0.15, -0.1) is 0 Å². The van der Waals surface area contributed by atoms with Crippen LogP contribution in [0.3, 0.4) is 0 Å². The van der Waals surface area contributed by atoms with Gasteiger partial charge < -0.3 is 9.05 Å². The minimum atomic E-state index is -3.07. The topological polar surface area (TPSA) is 48.4 Å². The Morgan fingerprint density at radius 2 is 1.89 bits per heavy atom. The minimum Gasteiger partial charge on any atom is -0.309 e. The van der Waals surface area contributed by atoms with Gasteiger partial charge in [0.15, 0.2) is 0 Å². The van der Waals surface area contributed by atoms with E-state index in [9.17, 15) is 4.57 Å². The van der Waals surface area contributed by atoms with Gasteiger partial charge in [0.05, 0.1) is 19.4 Å². The molecule has 0 fully saturated rings. The van der Waals surface area contributed by atoms with E-state index in [-0.39, 0.29) is 6.16 Å². The first-order valence-corrected chi connectivity index (χ1v) is 8.11. The van der Waals surface area contributed by atoms with Crippen LogP contribution in [-0.2, 0) is 19.8 Å². The van der Waals surface area contributed by atoms with Crippen molar-refractivity contribution in [3.8, 4) is 0 Å². The molecule has 102 valence electrons. The average Bonchev–Trinajstić information content (AvgIpc) is 2.39. The maximum atomic E-state index is 12.6. The van der Waals surface area contributed by atoms with Crippen molar-refractivity contribution >= 4 is 18.4 Å². The molecule has 0 spiro atoms. The summed E-state index contributed by atoms with van der Waals surface area (Å²) in [6, 6.07) is 7.83. The lowest BCUT2D eigenvalue weighted by Crippen LogP contribution is -1.99. The van der Waals surface area contributed by atoms with Gasteiger partial charge >= 0.3 is 7.60 Å². The van der Waals surface area contributed by atoms with Crippen LogP contribution in [0.15, 0.2) is 36.7 Å². The van der Waals surface area contributed by atoms with Gasteiger partial charge in [0, 0.05) is 17.8 Å². The molecule has 4 nitrogen and oxygen atoms in total. The highest BCUT2D eigenvalue weighted by Crippen LogP contribution is 2.51. The maximum absolute atomic E-state index is 12.6. The Labute approximate surface area is 113 Å². The second kappa shape index (κ2) is 6.29. The molecule has 0 bridgehead atoms. The molecular formula is C14H18NO3P. The molecule has 19 heavy (non-hydrogen) atoms. The SMILES string of the molecule is CCOP(=O)(Cc1cccc2ccncc12)OCC. The van der Waals surface area contributed by atoms with Crippen molar-refractivity contribution in [2.75, 3.05) is 13.2 Å². The third-order valence-corrected chi connectivity index (χ3v) is 4.82. The van der Waals surface area contributed by atoms with Crippen molar-refractivity contribution in [2.24, 2.45) is 0 Å². The van der Waals surface area contributed by atoms with Crippen LogP contribution in [0, 0.1) is 0 Å². The van der Waals surface area contributed by atoms with Gasteiger partial charge in [0.1, 0.15) is 0 Å². The number of aromatic nitrogens is 1. The lowest BCUT2D eigenvalue weighted by Gasteiger charge is -2.17. The zero-order chi connectivity index (χ0) is 13.7. The highest BCUT2D eigenvalue weighted by molar-refractivity contribution is 7.53. The van der Waals surface area contributed by atoms with Gasteiger partial charge in [-0.05, 0) is 30.9 Å². The quantitative estimate of drug-likeness (QED) is 0.750. The van der Waals surface area contributed by atoms with Gasteiger partial charge in [-0.25, -0.2) is 0 Å². The molecule has 0 N–H and O–H groups in total. The monoisotopic (exact) mass is 279 g/mol. The van der Waals surface area contributed by atoms with E-state index in [1.807, 2.05) is 38.1 Å². The molecule has 2 aromatic rings. The summed E-state index contributed by atoms with van der Waals surface area (Å²) in [6.07, 6.45) is 3.81. The van der Waals surface area contributed by atoms with Crippen molar-refractivity contribution in [2.45, 2.75) is 20.0 Å². The summed E-state index contributed by atoms with van der Waals surface area (Å²) in [5, 5.41) is 2.07. The van der Waals surface area contributed by atoms with E-state index in [4.69, 9.17) is 9.05 Å². The first kappa shape index (κ1) is 14.2. The summed E-state index contributed by atoms with van der Waals surface area (Å²) in [7, 11) is -3.07. The van der Waals surface area contributed by atoms with E-state index in [0.717, 1.165) is 16.3 Å². The Kier molecular flexibility index (Phi) is 4.70. The molecule has 0 aliphatic heterocycles. The van der Waals surface area contributed by atoms with Crippen molar-refractivity contribution in [1.82, 2.24) is 4.98 Å². The van der Waals surface area contributed by atoms with Crippen molar-refractivity contribution < 1.29 is 13.6 Å². The van der Waals surface area contributed by atoms with Gasteiger partial charge in [-0.2, -0.15) is 0 Å². The summed E-state index contributed by atoms with van der Waals surface area (Å²) in [5.41, 5.74) is 0.941. The Morgan fingerprint density at radius 3 is 2.58 bits per heavy atom. The summed E-state index contributed by atoms with van der Waals surface area (Å²) in [5.74, 6) is 0. The first-order valence-electron chi connectivity index (χ1n) is 6.38. The molecule has 0 aliphatic rings. The zero-order valence-corrected chi connectivity index (χ0v) is 12.1. The van der Waals surface area contributed by atoms with E-state index in [1.165, 1.54) is 0 Å². The third-order valence-electron chi connectivity index (χ3n) is 2.79. The van der Waals surface area contributed by atoms with Crippen LogP contribution in [0.4, 0.5) is 0 Å². The van der Waals surface area contributed by atoms with Gasteiger partial charge in [-0.3, -0.25) is 9.55 Å². The molecule has 1 aromatic heterocycles. The average molecular weight is 279 g/mol. The highest BCUT2D eigenvalue weighted by Gasteiger charge is 2.24. The van der Waals surface area contributed by atoms with Gasteiger partial charge in [-0.1, -0.05) is 18.2 Å². The van der Waals surface area contributed by atoms with E-state index >= 15 is 0 Å². The third kappa shape index (κ3) is 3.41. The van der Waals surface area contributed by atoms with E-state index in [2.05, 4.69) is 4.98 Å². The van der Waals surface area contributed by atoms with Crippen LogP contribution in [0.2, 0.25) is 0 Å². The number of nitrogens with zero attached hydrogens (tertiary/aromatic N) is 1. The molecule has 0 saturated carbocycles. The van der Waals surface area contributed by atoms with Crippen LogP contribution in [0.25, 0.3) is 10.8 Å². The van der Waals surface area contributed by atoms with Crippen molar-refractivity contribution in [1.29, 1.82) is 0 Å². The lowest BCUT2D eigenvalue weighted by molar-refractivity contribution is 0.219. The molecule has 1 heterocycles. The summed E-state index contributed by atoms with van der Waals surface area (Å²) < 4.78 is 23.2. The molecule has 1 aromatic carbocycles. The molecular weight excluding hydrogens is 261 g/mol. The maximum Gasteiger partial charge on any atom is 0.335 e. The van der Waals surface area contributed by atoms with Crippen molar-refractivity contribution in [3.05, 3.63) is 42.2 Å². The first-order chi connectivity index (χ1) is 9.18. The smallest absolute Gasteiger partial charge is 0.309 e. The zero-order valence-electron chi connectivity index (χ0n) is 11.2. The second-order valence-corrected chi connectivity index (χ2v) is 6.17. The molecule has 0 saturated heterocycles. The fourth-order valence-corrected chi connectivity index (χ4v) is 3.78. The van der Waals surface area contributed by atoms with E-state index < -0.39 is 7.60 Å². The highest BCUT2D eigenvalue weighted by atomic mass is 31.2. The van der Waals surface area contributed by atoms with E-state index in [0.29, 0.717) is 13.2 Å². The molecule has 0 atom stereocenters. The minimum absolute atomic E-state index is 0.276. The fourth-order valence-electron chi connectivity index (χ4n) is 2.05. The normalized spacial score (nSPS) is 11.9. The van der Waals surface area contributed by atoms with Crippen LogP contribution in [0.1, 0.15) is 19.4 Å². The number of pyridine rings is 1. The number of hydrogen-bond acceptors (Lipinski definition) is 4. The predicted molar refractivity (Wildman–Crippen MR) is 76.3 cm³/mol. The molecule has 0 radical (unpaired) electrons. The lowest BCUT2D eigenvalue weighted by atomic mass is 10.1. The second-order valence-electron chi connectivity index (χ2n) is 4.12. The molecule has 5 heteroatoms. The van der Waals surface area contributed by atoms with Gasteiger partial charge in [0.2, 0.25) is 0 Å². The standard InChI is InChI=1S/C14H18NO3P/c1-3-17-19(16,18-4-2)11-13-7-5-6-12-8-9-15-10-14(12)13/h5-10H,3-4,11H2,1-2H3. The number of hydrogen-bond donors (Lipinski definition) is 0. The largest absolute Gasteiger partial charge is 0.335 e. The predicted octanol–water partition coefficient (Wildman–Crippen LogP) is 4.00. The fraction of sp³-hybridized carbons (Fsp3) is 0.357. The molecule has 0 amide bonds. The Hall–Kier alpha value is -1.22. The van der Waals surface area contributed by atoms with Crippen LogP contribution >= 0.6 is 7.60 Å². The number of fused-ring (bicyclic) bond motifs is 1. The van der Waals surface area contributed by atoms with Gasteiger partial charge in [0.25, 0.3) is 0 Å². The summed E-state index contributed by atoms with van der Waals surface area (Å²) in [4.78, 5) is 4.12. The van der Waals surface area contributed by atoms with Crippen molar-refractivity contribution in [3.63, 3.8) is 0 Å². The summed E-state index contributed by atoms with van der Waals surface area (Å²) >= 11 is 0. The Morgan fingerprint density at radius 1 is 1.16 bits per heavy atom. The summed E-state index contributed by atoms with van der Waals surface area (Å²) in [6.45, 7) is 4.38. The number of rotatable bonds is 6.